The zero-order valence-corrected chi connectivity index (χ0v) is 9.13. The van der Waals surface area contributed by atoms with Crippen molar-refractivity contribution >= 4 is 6.03 Å². The van der Waals surface area contributed by atoms with E-state index in [0.29, 0.717) is 0 Å². The van der Waals surface area contributed by atoms with Gasteiger partial charge in [0.15, 0.2) is 0 Å². The van der Waals surface area contributed by atoms with Gasteiger partial charge in [-0.3, -0.25) is 0 Å². The lowest BCUT2D eigenvalue weighted by Gasteiger charge is -2.34. The van der Waals surface area contributed by atoms with Crippen LogP contribution in [0.15, 0.2) is 0 Å². The molecule has 3 nitrogen and oxygen atoms in total. The molecular weight excluding hydrogens is 164 g/mol. The highest BCUT2D eigenvalue weighted by Crippen LogP contribution is 2.28. The molecule has 0 N–H and O–H groups in total. The Hall–Kier alpha value is -0.730. The quantitative estimate of drug-likeness (QED) is 0.611. The van der Waals surface area contributed by atoms with Gasteiger partial charge in [0.2, 0.25) is 0 Å². The van der Waals surface area contributed by atoms with Gasteiger partial charge in [0.25, 0.3) is 0 Å². The van der Waals surface area contributed by atoms with Crippen LogP contribution < -0.4 is 0 Å². The molecule has 3 heteroatoms. The van der Waals surface area contributed by atoms with E-state index >= 15 is 0 Å². The van der Waals surface area contributed by atoms with Crippen molar-refractivity contribution in [3.63, 3.8) is 0 Å². The minimum Gasteiger partial charge on any atom is -0.328 e. The van der Waals surface area contributed by atoms with E-state index in [0.717, 1.165) is 25.9 Å². The van der Waals surface area contributed by atoms with Crippen molar-refractivity contribution in [1.29, 1.82) is 0 Å². The fourth-order valence-corrected chi connectivity index (χ4v) is 1.80. The second kappa shape index (κ2) is 3.56. The van der Waals surface area contributed by atoms with Crippen LogP contribution in [0.25, 0.3) is 0 Å². The summed E-state index contributed by atoms with van der Waals surface area (Å²) in [5, 5.41) is 0. The molecule has 1 aliphatic rings. The predicted octanol–water partition coefficient (Wildman–Crippen LogP) is 1.93. The van der Waals surface area contributed by atoms with Crippen LogP contribution in [0, 0.1) is 0 Å². The lowest BCUT2D eigenvalue weighted by Crippen LogP contribution is -2.48. The molecule has 0 atom stereocenters. The Kier molecular flexibility index (Phi) is 2.84. The number of hydrogen-bond acceptors (Lipinski definition) is 1. The third-order valence-corrected chi connectivity index (χ3v) is 2.93. The zero-order chi connectivity index (χ0) is 10.1. The van der Waals surface area contributed by atoms with Crippen LogP contribution >= 0.6 is 0 Å². The summed E-state index contributed by atoms with van der Waals surface area (Å²) in [7, 11) is 1.86. The molecule has 0 unspecified atom stereocenters. The summed E-state index contributed by atoms with van der Waals surface area (Å²) in [6, 6.07) is 0.171. The number of nitrogens with zero attached hydrogens (tertiary/aromatic N) is 2. The summed E-state index contributed by atoms with van der Waals surface area (Å²) in [5.41, 5.74) is 0.0561. The average Bonchev–Trinajstić information content (AvgIpc) is 2.42. The molecule has 0 aliphatic carbocycles. The zero-order valence-electron chi connectivity index (χ0n) is 9.13. The summed E-state index contributed by atoms with van der Waals surface area (Å²) in [6.45, 7) is 7.98. The normalized spacial score (nSPS) is 20.5. The number of rotatable bonds is 1. The van der Waals surface area contributed by atoms with Gasteiger partial charge in [0.1, 0.15) is 0 Å². The molecular formula is C10H20N2O. The van der Waals surface area contributed by atoms with E-state index in [2.05, 4.69) is 13.8 Å². The second-order valence-corrected chi connectivity index (χ2v) is 4.36. The molecule has 1 rings (SSSR count). The van der Waals surface area contributed by atoms with Crippen LogP contribution in [0.2, 0.25) is 0 Å². The van der Waals surface area contributed by atoms with E-state index < -0.39 is 0 Å². The van der Waals surface area contributed by atoms with Gasteiger partial charge >= 0.3 is 6.03 Å². The second-order valence-electron chi connectivity index (χ2n) is 4.36. The van der Waals surface area contributed by atoms with Gasteiger partial charge in [-0.05, 0) is 33.6 Å². The van der Waals surface area contributed by atoms with Crippen LogP contribution in [-0.4, -0.2) is 41.5 Å². The molecule has 0 aromatic rings. The standard InChI is InChI=1S/C10H20N2O/c1-5-11(4)9(13)12-8-6-7-10(12,2)3/h5-8H2,1-4H3. The molecule has 0 saturated carbocycles. The number of amides is 2. The lowest BCUT2D eigenvalue weighted by atomic mass is 10.0. The van der Waals surface area contributed by atoms with Gasteiger partial charge in [0.05, 0.1) is 0 Å². The van der Waals surface area contributed by atoms with Crippen LogP contribution in [0.1, 0.15) is 33.6 Å². The Morgan fingerprint density at radius 1 is 1.54 bits per heavy atom. The molecule has 0 aromatic heterocycles. The fourth-order valence-electron chi connectivity index (χ4n) is 1.80. The molecule has 13 heavy (non-hydrogen) atoms. The lowest BCUT2D eigenvalue weighted by molar-refractivity contribution is 0.135. The van der Waals surface area contributed by atoms with Crippen molar-refractivity contribution in [1.82, 2.24) is 9.80 Å². The van der Waals surface area contributed by atoms with Crippen molar-refractivity contribution in [3.05, 3.63) is 0 Å². The Morgan fingerprint density at radius 3 is 2.54 bits per heavy atom. The monoisotopic (exact) mass is 184 g/mol. The molecule has 76 valence electrons. The van der Waals surface area contributed by atoms with Gasteiger partial charge in [0, 0.05) is 25.7 Å². The number of urea groups is 1. The highest BCUT2D eigenvalue weighted by atomic mass is 16.2. The highest BCUT2D eigenvalue weighted by molar-refractivity contribution is 5.75. The highest BCUT2D eigenvalue weighted by Gasteiger charge is 2.36. The van der Waals surface area contributed by atoms with Crippen molar-refractivity contribution in [2.45, 2.75) is 39.2 Å². The molecule has 0 radical (unpaired) electrons. The van der Waals surface area contributed by atoms with Crippen LogP contribution in [-0.2, 0) is 0 Å². The molecule has 1 fully saturated rings. The van der Waals surface area contributed by atoms with Crippen molar-refractivity contribution in [3.8, 4) is 0 Å². The first-order chi connectivity index (χ1) is 5.99. The Labute approximate surface area is 80.7 Å². The van der Waals surface area contributed by atoms with Gasteiger partial charge in [-0.15, -0.1) is 0 Å². The van der Waals surface area contributed by atoms with Gasteiger partial charge in [-0.2, -0.15) is 0 Å². The van der Waals surface area contributed by atoms with Crippen molar-refractivity contribution in [2.24, 2.45) is 0 Å². The van der Waals surface area contributed by atoms with E-state index in [1.165, 1.54) is 0 Å². The first-order valence-electron chi connectivity index (χ1n) is 5.02. The fraction of sp³-hybridized carbons (Fsp3) is 0.900. The predicted molar refractivity (Wildman–Crippen MR) is 53.7 cm³/mol. The Balaban J connectivity index is 2.66. The van der Waals surface area contributed by atoms with E-state index in [-0.39, 0.29) is 11.6 Å². The Morgan fingerprint density at radius 2 is 2.15 bits per heavy atom. The minimum absolute atomic E-state index is 0.0561. The average molecular weight is 184 g/mol. The van der Waals surface area contributed by atoms with Crippen molar-refractivity contribution in [2.75, 3.05) is 20.1 Å². The topological polar surface area (TPSA) is 23.6 Å². The maximum absolute atomic E-state index is 11.8. The minimum atomic E-state index is 0.0561. The third kappa shape index (κ3) is 1.95. The van der Waals surface area contributed by atoms with E-state index in [4.69, 9.17) is 0 Å². The number of hydrogen-bond donors (Lipinski definition) is 0. The molecule has 1 aliphatic heterocycles. The first kappa shape index (κ1) is 10.4. The number of likely N-dealkylation sites (tertiary alicyclic amines) is 1. The van der Waals surface area contributed by atoms with Crippen molar-refractivity contribution < 1.29 is 4.79 Å². The van der Waals surface area contributed by atoms with Gasteiger partial charge < -0.3 is 9.80 Å². The molecule has 1 heterocycles. The van der Waals surface area contributed by atoms with Crippen LogP contribution in [0.5, 0.6) is 0 Å². The maximum Gasteiger partial charge on any atom is 0.320 e. The summed E-state index contributed by atoms with van der Waals surface area (Å²) in [4.78, 5) is 15.6. The SMILES string of the molecule is CCN(C)C(=O)N1CCCC1(C)C. The smallest absolute Gasteiger partial charge is 0.320 e. The Bertz CT molecular complexity index is 201. The molecule has 0 aromatic carbocycles. The third-order valence-electron chi connectivity index (χ3n) is 2.93. The summed E-state index contributed by atoms with van der Waals surface area (Å²) >= 11 is 0. The molecule has 0 bridgehead atoms. The number of carbonyl (C=O) groups excluding carboxylic acids is 1. The van der Waals surface area contributed by atoms with Gasteiger partial charge in [-0.1, -0.05) is 0 Å². The summed E-state index contributed by atoms with van der Waals surface area (Å²) in [5.74, 6) is 0. The summed E-state index contributed by atoms with van der Waals surface area (Å²) < 4.78 is 0. The van der Waals surface area contributed by atoms with Gasteiger partial charge in [-0.25, -0.2) is 4.79 Å². The maximum atomic E-state index is 11.8. The van der Waals surface area contributed by atoms with E-state index in [1.54, 1.807) is 4.90 Å². The molecule has 0 spiro atoms. The largest absolute Gasteiger partial charge is 0.328 e. The van der Waals surface area contributed by atoms with E-state index in [9.17, 15) is 4.79 Å². The van der Waals surface area contributed by atoms with Crippen LogP contribution in [0.4, 0.5) is 4.79 Å². The molecule has 2 amide bonds. The van der Waals surface area contributed by atoms with Crippen LogP contribution in [0.3, 0.4) is 0 Å². The first-order valence-corrected chi connectivity index (χ1v) is 5.02. The number of carbonyl (C=O) groups is 1. The molecule has 1 saturated heterocycles. The van der Waals surface area contributed by atoms with E-state index in [1.807, 2.05) is 18.9 Å². The summed E-state index contributed by atoms with van der Waals surface area (Å²) in [6.07, 6.45) is 2.26.